The van der Waals surface area contributed by atoms with Crippen molar-refractivity contribution >= 4 is 17.5 Å². The minimum Gasteiger partial charge on any atom is -0.391 e. The maximum atomic E-state index is 9.48. The lowest BCUT2D eigenvalue weighted by molar-refractivity contribution is 0.153. The van der Waals surface area contributed by atoms with Crippen LogP contribution in [0.2, 0.25) is 5.15 Å². The molecule has 2 rings (SSSR count). The molecule has 5 heteroatoms. The normalized spacial score (nSPS) is 22.4. The van der Waals surface area contributed by atoms with Crippen LogP contribution in [0.25, 0.3) is 0 Å². The average molecular weight is 214 g/mol. The van der Waals surface area contributed by atoms with E-state index in [4.69, 9.17) is 11.6 Å². The third-order valence-electron chi connectivity index (χ3n) is 2.29. The van der Waals surface area contributed by atoms with Crippen LogP contribution >= 0.6 is 11.6 Å². The van der Waals surface area contributed by atoms with Crippen LogP contribution < -0.4 is 4.90 Å². The van der Waals surface area contributed by atoms with Gasteiger partial charge in [0.2, 0.25) is 5.95 Å². The van der Waals surface area contributed by atoms with Crippen LogP contribution in [-0.2, 0) is 0 Å². The van der Waals surface area contributed by atoms with E-state index in [2.05, 4.69) is 9.97 Å². The van der Waals surface area contributed by atoms with Gasteiger partial charge in [-0.15, -0.1) is 0 Å². The van der Waals surface area contributed by atoms with Crippen molar-refractivity contribution < 1.29 is 5.11 Å². The lowest BCUT2D eigenvalue weighted by Crippen LogP contribution is -2.39. The Hall–Kier alpha value is -0.870. The Bertz CT molecular complexity index is 321. The minimum absolute atomic E-state index is 0.272. The second kappa shape index (κ2) is 4.11. The van der Waals surface area contributed by atoms with Gasteiger partial charge < -0.3 is 10.0 Å². The number of aliphatic hydroxyl groups is 1. The second-order valence-corrected chi connectivity index (χ2v) is 3.81. The molecular weight excluding hydrogens is 202 g/mol. The number of hydrogen-bond donors (Lipinski definition) is 1. The Morgan fingerprint density at radius 3 is 3.14 bits per heavy atom. The minimum atomic E-state index is -0.272. The fourth-order valence-corrected chi connectivity index (χ4v) is 1.75. The van der Waals surface area contributed by atoms with Gasteiger partial charge in [0.05, 0.1) is 6.10 Å². The Balaban J connectivity index is 2.14. The average Bonchev–Trinajstić information content (AvgIpc) is 2.18. The highest BCUT2D eigenvalue weighted by molar-refractivity contribution is 6.29. The van der Waals surface area contributed by atoms with Gasteiger partial charge in [0.25, 0.3) is 0 Å². The Labute approximate surface area is 87.5 Å². The summed E-state index contributed by atoms with van der Waals surface area (Å²) in [6.07, 6.45) is 3.19. The molecule has 0 saturated carbocycles. The highest BCUT2D eigenvalue weighted by Gasteiger charge is 2.19. The summed E-state index contributed by atoms with van der Waals surface area (Å²) >= 11 is 5.76. The van der Waals surface area contributed by atoms with Crippen LogP contribution in [0.5, 0.6) is 0 Å². The first-order valence-electron chi connectivity index (χ1n) is 4.67. The molecular formula is C9H12ClN3O. The van der Waals surface area contributed by atoms with Gasteiger partial charge in [0.15, 0.2) is 0 Å². The number of rotatable bonds is 1. The quantitative estimate of drug-likeness (QED) is 0.710. The molecule has 1 fully saturated rings. The summed E-state index contributed by atoms with van der Waals surface area (Å²) in [7, 11) is 0. The van der Waals surface area contributed by atoms with E-state index in [-0.39, 0.29) is 6.10 Å². The molecule has 1 saturated heterocycles. The maximum absolute atomic E-state index is 9.48. The molecule has 4 nitrogen and oxygen atoms in total. The number of piperidine rings is 1. The summed E-state index contributed by atoms with van der Waals surface area (Å²) in [6, 6.07) is 1.64. The van der Waals surface area contributed by atoms with Crippen molar-refractivity contribution in [2.45, 2.75) is 18.9 Å². The van der Waals surface area contributed by atoms with E-state index in [9.17, 15) is 5.11 Å². The van der Waals surface area contributed by atoms with E-state index in [1.807, 2.05) is 4.90 Å². The van der Waals surface area contributed by atoms with Crippen molar-refractivity contribution in [1.29, 1.82) is 0 Å². The molecule has 0 bridgehead atoms. The smallest absolute Gasteiger partial charge is 0.226 e. The molecule has 0 radical (unpaired) electrons. The van der Waals surface area contributed by atoms with Crippen molar-refractivity contribution in [3.8, 4) is 0 Å². The van der Waals surface area contributed by atoms with Crippen molar-refractivity contribution in [2.75, 3.05) is 18.0 Å². The van der Waals surface area contributed by atoms with Gasteiger partial charge >= 0.3 is 0 Å². The lowest BCUT2D eigenvalue weighted by atomic mass is 10.1. The first kappa shape index (κ1) is 9.68. The van der Waals surface area contributed by atoms with Crippen molar-refractivity contribution in [1.82, 2.24) is 9.97 Å². The van der Waals surface area contributed by atoms with Gasteiger partial charge in [-0.2, -0.15) is 0 Å². The molecule has 1 atom stereocenters. The SMILES string of the molecule is O[C@@H]1CCCN(c2nccc(Cl)n2)C1. The summed E-state index contributed by atoms with van der Waals surface area (Å²) in [5.41, 5.74) is 0. The van der Waals surface area contributed by atoms with Gasteiger partial charge in [-0.05, 0) is 18.9 Å². The molecule has 1 aliphatic rings. The zero-order valence-corrected chi connectivity index (χ0v) is 8.48. The topological polar surface area (TPSA) is 49.2 Å². The summed E-state index contributed by atoms with van der Waals surface area (Å²) < 4.78 is 0. The molecule has 14 heavy (non-hydrogen) atoms. The van der Waals surface area contributed by atoms with Gasteiger partial charge in [0, 0.05) is 19.3 Å². The first-order valence-corrected chi connectivity index (χ1v) is 5.05. The van der Waals surface area contributed by atoms with Gasteiger partial charge in [-0.1, -0.05) is 11.6 Å². The highest BCUT2D eigenvalue weighted by atomic mass is 35.5. The van der Waals surface area contributed by atoms with E-state index in [1.54, 1.807) is 12.3 Å². The standard InChI is InChI=1S/C9H12ClN3O/c10-8-3-4-11-9(12-8)13-5-1-2-7(14)6-13/h3-4,7,14H,1-2,5-6H2/t7-/m1/s1. The van der Waals surface area contributed by atoms with Crippen LogP contribution in [-0.4, -0.2) is 34.3 Å². The second-order valence-electron chi connectivity index (χ2n) is 3.42. The van der Waals surface area contributed by atoms with Crippen molar-refractivity contribution in [3.05, 3.63) is 17.4 Å². The highest BCUT2D eigenvalue weighted by Crippen LogP contribution is 2.16. The zero-order chi connectivity index (χ0) is 9.97. The number of β-amino-alcohol motifs (C(OH)–C–C–N with tert-alkyl or cyclic N) is 1. The Kier molecular flexibility index (Phi) is 2.84. The summed E-state index contributed by atoms with van der Waals surface area (Å²) in [5.74, 6) is 0.608. The summed E-state index contributed by atoms with van der Waals surface area (Å²) in [4.78, 5) is 10.2. The van der Waals surface area contributed by atoms with Crippen LogP contribution in [0.4, 0.5) is 5.95 Å². The molecule has 1 aliphatic heterocycles. The first-order chi connectivity index (χ1) is 6.75. The monoisotopic (exact) mass is 213 g/mol. The number of halogens is 1. The molecule has 0 amide bonds. The van der Waals surface area contributed by atoms with Crippen LogP contribution in [0.15, 0.2) is 12.3 Å². The maximum Gasteiger partial charge on any atom is 0.226 e. The Morgan fingerprint density at radius 2 is 2.43 bits per heavy atom. The molecule has 0 spiro atoms. The molecule has 0 aromatic carbocycles. The molecule has 0 unspecified atom stereocenters. The van der Waals surface area contributed by atoms with Crippen molar-refractivity contribution in [2.24, 2.45) is 0 Å². The number of hydrogen-bond acceptors (Lipinski definition) is 4. The number of nitrogens with zero attached hydrogens (tertiary/aromatic N) is 3. The largest absolute Gasteiger partial charge is 0.391 e. The van der Waals surface area contributed by atoms with Crippen LogP contribution in [0, 0.1) is 0 Å². The molecule has 1 aromatic rings. The Morgan fingerprint density at radius 1 is 1.57 bits per heavy atom. The lowest BCUT2D eigenvalue weighted by Gasteiger charge is -2.29. The van der Waals surface area contributed by atoms with E-state index >= 15 is 0 Å². The molecule has 76 valence electrons. The van der Waals surface area contributed by atoms with E-state index < -0.39 is 0 Å². The van der Waals surface area contributed by atoms with E-state index in [0.29, 0.717) is 17.6 Å². The van der Waals surface area contributed by atoms with E-state index in [0.717, 1.165) is 19.4 Å². The predicted molar refractivity (Wildman–Crippen MR) is 54.5 cm³/mol. The fraction of sp³-hybridized carbons (Fsp3) is 0.556. The molecule has 0 aliphatic carbocycles. The van der Waals surface area contributed by atoms with Crippen LogP contribution in [0.3, 0.4) is 0 Å². The number of aromatic nitrogens is 2. The third-order valence-corrected chi connectivity index (χ3v) is 2.50. The van der Waals surface area contributed by atoms with Gasteiger partial charge in [-0.3, -0.25) is 0 Å². The van der Waals surface area contributed by atoms with Crippen LogP contribution in [0.1, 0.15) is 12.8 Å². The summed E-state index contributed by atoms with van der Waals surface area (Å²) in [5, 5.41) is 9.92. The predicted octanol–water partition coefficient (Wildman–Crippen LogP) is 1.09. The third kappa shape index (κ3) is 2.13. The molecule has 2 heterocycles. The number of aliphatic hydroxyl groups excluding tert-OH is 1. The zero-order valence-electron chi connectivity index (χ0n) is 7.73. The summed E-state index contributed by atoms with van der Waals surface area (Å²) in [6.45, 7) is 1.48. The molecule has 1 aromatic heterocycles. The molecule has 1 N–H and O–H groups in total. The fourth-order valence-electron chi connectivity index (χ4n) is 1.62. The van der Waals surface area contributed by atoms with Gasteiger partial charge in [0.1, 0.15) is 5.15 Å². The van der Waals surface area contributed by atoms with Gasteiger partial charge in [-0.25, -0.2) is 9.97 Å². The number of anilines is 1. The van der Waals surface area contributed by atoms with E-state index in [1.165, 1.54) is 0 Å². The van der Waals surface area contributed by atoms with Crippen molar-refractivity contribution in [3.63, 3.8) is 0 Å².